The highest BCUT2D eigenvalue weighted by molar-refractivity contribution is 7.15. The number of nitrogens with two attached hydrogens (primary N) is 1. The molecule has 0 saturated carbocycles. The molecule has 3 aromatic rings. The van der Waals surface area contributed by atoms with Crippen LogP contribution >= 0.6 is 22.9 Å². The molecule has 9 nitrogen and oxygen atoms in total. The number of halogens is 1. The first-order chi connectivity index (χ1) is 14.8. The Labute approximate surface area is 186 Å². The van der Waals surface area contributed by atoms with Crippen molar-refractivity contribution in [3.05, 3.63) is 46.0 Å². The first kappa shape index (κ1) is 21.3. The lowest BCUT2D eigenvalue weighted by atomic mass is 10.0. The third kappa shape index (κ3) is 4.27. The first-order valence-electron chi connectivity index (χ1n) is 9.63. The molecule has 4 rings (SSSR count). The standard InChI is InChI=1S/C20H20ClN5O4S/c21-18-23-9-11(31-18)5-6-15(27)17-16(28)7-8-25(17)20(30)24-13-10-26(19(22)29)14-4-2-1-3-12(13)14/h1-4,9-10,16-17,28H,5-8H2,(H2,22,29)(H,24,30)/t16-,17-/m1/s1. The van der Waals surface area contributed by atoms with Gasteiger partial charge in [0.05, 0.1) is 17.3 Å². The summed E-state index contributed by atoms with van der Waals surface area (Å²) in [6, 6.07) is 4.87. The van der Waals surface area contributed by atoms with Crippen LogP contribution in [0.1, 0.15) is 17.7 Å². The van der Waals surface area contributed by atoms with Gasteiger partial charge in [-0.2, -0.15) is 0 Å². The lowest BCUT2D eigenvalue weighted by molar-refractivity contribution is -0.124. The Balaban J connectivity index is 1.50. The molecule has 0 bridgehead atoms. The highest BCUT2D eigenvalue weighted by Crippen LogP contribution is 2.28. The van der Waals surface area contributed by atoms with Crippen LogP contribution in [-0.2, 0) is 11.2 Å². The SMILES string of the molecule is NC(=O)n1cc(NC(=O)N2CC[C@@H](O)[C@H]2C(=O)CCc2cnc(Cl)s2)c2ccccc21. The van der Waals surface area contributed by atoms with Crippen LogP contribution in [0.5, 0.6) is 0 Å². The Morgan fingerprint density at radius 2 is 2.10 bits per heavy atom. The van der Waals surface area contributed by atoms with Gasteiger partial charge >= 0.3 is 12.1 Å². The molecule has 0 aliphatic carbocycles. The van der Waals surface area contributed by atoms with Crippen molar-refractivity contribution in [3.8, 4) is 0 Å². The van der Waals surface area contributed by atoms with Crippen molar-refractivity contribution >= 4 is 57.4 Å². The van der Waals surface area contributed by atoms with Crippen molar-refractivity contribution in [3.63, 3.8) is 0 Å². The second-order valence-corrected chi connectivity index (χ2v) is 8.94. The van der Waals surface area contributed by atoms with Crippen LogP contribution in [0.25, 0.3) is 10.9 Å². The maximum absolute atomic E-state index is 13.0. The zero-order valence-electron chi connectivity index (χ0n) is 16.3. The molecule has 2 atom stereocenters. The number of benzene rings is 1. The number of aliphatic hydroxyl groups excluding tert-OH is 1. The lowest BCUT2D eigenvalue weighted by Gasteiger charge is -2.25. The highest BCUT2D eigenvalue weighted by Gasteiger charge is 2.40. The third-order valence-electron chi connectivity index (χ3n) is 5.29. The number of aromatic nitrogens is 2. The zero-order chi connectivity index (χ0) is 22.1. The van der Waals surface area contributed by atoms with E-state index in [-0.39, 0.29) is 18.7 Å². The van der Waals surface area contributed by atoms with E-state index in [4.69, 9.17) is 17.3 Å². The molecule has 1 fully saturated rings. The fraction of sp³-hybridized carbons (Fsp3) is 0.300. The number of carbonyl (C=O) groups is 3. The number of nitrogens with one attached hydrogen (secondary N) is 1. The maximum Gasteiger partial charge on any atom is 0.323 e. The van der Waals surface area contributed by atoms with Crippen LogP contribution in [-0.4, -0.2) is 56.1 Å². The van der Waals surface area contributed by atoms with Crippen molar-refractivity contribution in [1.29, 1.82) is 0 Å². The van der Waals surface area contributed by atoms with Crippen LogP contribution in [0.2, 0.25) is 4.47 Å². The fourth-order valence-corrected chi connectivity index (χ4v) is 4.81. The van der Waals surface area contributed by atoms with Gasteiger partial charge in [0, 0.05) is 35.6 Å². The number of primary amides is 1. The topological polar surface area (TPSA) is 131 Å². The predicted molar refractivity (Wildman–Crippen MR) is 118 cm³/mol. The van der Waals surface area contributed by atoms with E-state index in [1.165, 1.54) is 27.0 Å². The van der Waals surface area contributed by atoms with E-state index in [9.17, 15) is 19.5 Å². The minimum Gasteiger partial charge on any atom is -0.390 e. The molecule has 11 heteroatoms. The number of likely N-dealkylation sites (tertiary alicyclic amines) is 1. The number of carbonyl (C=O) groups excluding carboxylic acids is 3. The van der Waals surface area contributed by atoms with Crippen molar-refractivity contribution in [2.45, 2.75) is 31.4 Å². The summed E-state index contributed by atoms with van der Waals surface area (Å²) in [7, 11) is 0. The molecule has 31 heavy (non-hydrogen) atoms. The Kier molecular flexibility index (Phi) is 5.94. The second kappa shape index (κ2) is 8.66. The molecule has 1 saturated heterocycles. The van der Waals surface area contributed by atoms with Gasteiger partial charge in [-0.25, -0.2) is 14.6 Å². The number of ketones is 1. The molecule has 3 amide bonds. The summed E-state index contributed by atoms with van der Waals surface area (Å²) in [5.41, 5.74) is 6.37. The van der Waals surface area contributed by atoms with E-state index >= 15 is 0 Å². The van der Waals surface area contributed by atoms with Crippen LogP contribution in [0.15, 0.2) is 36.7 Å². The zero-order valence-corrected chi connectivity index (χ0v) is 17.9. The number of thiazole rings is 1. The van der Waals surface area contributed by atoms with E-state index < -0.39 is 24.2 Å². The van der Waals surface area contributed by atoms with Crippen LogP contribution in [0.3, 0.4) is 0 Å². The number of rotatable bonds is 5. The summed E-state index contributed by atoms with van der Waals surface area (Å²) in [6.45, 7) is 0.240. The first-order valence-corrected chi connectivity index (χ1v) is 10.8. The van der Waals surface area contributed by atoms with Gasteiger partial charge in [0.15, 0.2) is 10.3 Å². The van der Waals surface area contributed by atoms with Crippen molar-refractivity contribution in [1.82, 2.24) is 14.5 Å². The van der Waals surface area contributed by atoms with E-state index in [1.54, 1.807) is 30.5 Å². The van der Waals surface area contributed by atoms with E-state index in [1.807, 2.05) is 0 Å². The summed E-state index contributed by atoms with van der Waals surface area (Å²) >= 11 is 7.12. The number of para-hydroxylation sites is 1. The number of nitrogens with zero attached hydrogens (tertiary/aromatic N) is 3. The number of amides is 3. The largest absolute Gasteiger partial charge is 0.390 e. The maximum atomic E-state index is 13.0. The van der Waals surface area contributed by atoms with Gasteiger partial charge < -0.3 is 21.1 Å². The summed E-state index contributed by atoms with van der Waals surface area (Å²) in [4.78, 5) is 43.7. The number of aryl methyl sites for hydroxylation is 1. The monoisotopic (exact) mass is 461 g/mol. The lowest BCUT2D eigenvalue weighted by Crippen LogP contribution is -2.47. The van der Waals surface area contributed by atoms with Gasteiger partial charge in [-0.05, 0) is 18.9 Å². The van der Waals surface area contributed by atoms with Gasteiger partial charge in [0.25, 0.3) is 0 Å². The molecule has 162 valence electrons. The Bertz CT molecular complexity index is 1160. The summed E-state index contributed by atoms with van der Waals surface area (Å²) in [5, 5.41) is 13.7. The Morgan fingerprint density at radius 1 is 1.32 bits per heavy atom. The molecule has 2 aromatic heterocycles. The number of aliphatic hydroxyl groups is 1. The van der Waals surface area contributed by atoms with Crippen LogP contribution in [0.4, 0.5) is 15.3 Å². The van der Waals surface area contributed by atoms with Gasteiger partial charge in [0.1, 0.15) is 6.04 Å². The average molecular weight is 462 g/mol. The van der Waals surface area contributed by atoms with Gasteiger partial charge in [-0.3, -0.25) is 9.36 Å². The summed E-state index contributed by atoms with van der Waals surface area (Å²) in [5.74, 6) is -0.232. The van der Waals surface area contributed by atoms with Crippen molar-refractivity contribution < 1.29 is 19.5 Å². The number of hydrogen-bond donors (Lipinski definition) is 3. The third-order valence-corrected chi connectivity index (χ3v) is 6.47. The average Bonchev–Trinajstić information content (AvgIpc) is 3.43. The summed E-state index contributed by atoms with van der Waals surface area (Å²) < 4.78 is 1.64. The number of Topliss-reactive ketones (excluding diaryl/α,β-unsaturated/α-hetero) is 1. The smallest absolute Gasteiger partial charge is 0.323 e. The van der Waals surface area contributed by atoms with Crippen LogP contribution < -0.4 is 11.1 Å². The molecule has 4 N–H and O–H groups in total. The quantitative estimate of drug-likeness (QED) is 0.537. The van der Waals surface area contributed by atoms with Crippen molar-refractivity contribution in [2.24, 2.45) is 5.73 Å². The van der Waals surface area contributed by atoms with Crippen molar-refractivity contribution in [2.75, 3.05) is 11.9 Å². The molecular weight excluding hydrogens is 442 g/mol. The molecule has 0 spiro atoms. The molecule has 0 unspecified atom stereocenters. The predicted octanol–water partition coefficient (Wildman–Crippen LogP) is 2.85. The minimum absolute atomic E-state index is 0.158. The Morgan fingerprint density at radius 3 is 2.81 bits per heavy atom. The van der Waals surface area contributed by atoms with Gasteiger partial charge in [0.2, 0.25) is 0 Å². The Hall–Kier alpha value is -2.95. The number of urea groups is 1. The molecule has 0 radical (unpaired) electrons. The number of anilines is 1. The normalized spacial score (nSPS) is 18.5. The molecule has 1 aliphatic heterocycles. The molecular formula is C20H20ClN5O4S. The summed E-state index contributed by atoms with van der Waals surface area (Å²) in [6.07, 6.45) is 3.03. The minimum atomic E-state index is -0.937. The van der Waals surface area contributed by atoms with Gasteiger partial charge in [-0.15, -0.1) is 11.3 Å². The van der Waals surface area contributed by atoms with E-state index in [2.05, 4.69) is 10.3 Å². The number of hydrogen-bond acceptors (Lipinski definition) is 6. The fourth-order valence-electron chi connectivity index (χ4n) is 3.83. The highest BCUT2D eigenvalue weighted by atomic mass is 35.5. The van der Waals surface area contributed by atoms with Crippen LogP contribution in [0, 0.1) is 0 Å². The van der Waals surface area contributed by atoms with E-state index in [0.717, 1.165) is 4.88 Å². The molecule has 3 heterocycles. The number of fused-ring (bicyclic) bond motifs is 1. The second-order valence-electron chi connectivity index (χ2n) is 7.24. The molecule has 1 aromatic carbocycles. The van der Waals surface area contributed by atoms with Gasteiger partial charge in [-0.1, -0.05) is 29.8 Å². The molecule has 1 aliphatic rings. The van der Waals surface area contributed by atoms with E-state index in [0.29, 0.717) is 33.9 Å².